The maximum absolute atomic E-state index is 10.5. The van der Waals surface area contributed by atoms with E-state index in [2.05, 4.69) is 15.5 Å². The Hall–Kier alpha value is -2.15. The maximum atomic E-state index is 10.5. The summed E-state index contributed by atoms with van der Waals surface area (Å²) in [4.78, 5) is 10.5. The molecule has 0 aliphatic rings. The minimum Gasteiger partial charge on any atom is -0.485 e. The number of aliphatic carboxylic acids is 1. The molecule has 0 aliphatic carbocycles. The van der Waals surface area contributed by atoms with Crippen LogP contribution in [0, 0.1) is 0 Å². The molecule has 7 nitrogen and oxygen atoms in total. The molecule has 1 N–H and O–H groups in total. The molecule has 1 aromatic heterocycles. The lowest BCUT2D eigenvalue weighted by Gasteiger charge is -2.06. The lowest BCUT2D eigenvalue weighted by Crippen LogP contribution is -2.10. The lowest BCUT2D eigenvalue weighted by molar-refractivity contribution is -0.137. The zero-order valence-electron chi connectivity index (χ0n) is 10.6. The first-order valence-corrected chi connectivity index (χ1v) is 6.38. The van der Waals surface area contributed by atoms with Crippen LogP contribution in [-0.2, 0) is 17.9 Å². The van der Waals surface area contributed by atoms with Gasteiger partial charge >= 0.3 is 5.97 Å². The number of hydrogen-bond donors (Lipinski definition) is 1. The molecule has 2 rings (SSSR count). The normalized spacial score (nSPS) is 10.4. The molecule has 0 saturated heterocycles. The zero-order chi connectivity index (χ0) is 14.4. The van der Waals surface area contributed by atoms with Gasteiger partial charge in [0.15, 0.2) is 5.82 Å². The zero-order valence-corrected chi connectivity index (χ0v) is 11.3. The van der Waals surface area contributed by atoms with Crippen molar-refractivity contribution in [3.8, 4) is 5.75 Å². The second-order valence-corrected chi connectivity index (χ2v) is 4.50. The largest absolute Gasteiger partial charge is 0.485 e. The Labute approximate surface area is 120 Å². The number of carbonyl (C=O) groups is 1. The molecule has 0 spiro atoms. The number of tetrazole rings is 1. The number of rotatable bonds is 7. The summed E-state index contributed by atoms with van der Waals surface area (Å²) in [6, 6.07) is 7.02. The number of aromatic nitrogens is 4. The van der Waals surface area contributed by atoms with Gasteiger partial charge < -0.3 is 9.84 Å². The van der Waals surface area contributed by atoms with E-state index in [9.17, 15) is 4.79 Å². The van der Waals surface area contributed by atoms with Crippen molar-refractivity contribution in [1.29, 1.82) is 0 Å². The van der Waals surface area contributed by atoms with Crippen LogP contribution < -0.4 is 4.74 Å². The van der Waals surface area contributed by atoms with E-state index in [0.717, 1.165) is 0 Å². The molecule has 106 valence electrons. The van der Waals surface area contributed by atoms with Gasteiger partial charge in [-0.25, -0.2) is 4.68 Å². The van der Waals surface area contributed by atoms with Crippen LogP contribution in [0.1, 0.15) is 18.7 Å². The number of aryl methyl sites for hydroxylation is 1. The van der Waals surface area contributed by atoms with Crippen molar-refractivity contribution in [2.45, 2.75) is 26.0 Å². The third kappa shape index (κ3) is 4.20. The Morgan fingerprint density at radius 2 is 2.30 bits per heavy atom. The number of carboxylic acid groups (broad SMARTS) is 1. The van der Waals surface area contributed by atoms with Crippen LogP contribution >= 0.6 is 11.6 Å². The number of halogens is 1. The molecule has 0 atom stereocenters. The molecule has 1 aromatic carbocycles. The fourth-order valence-corrected chi connectivity index (χ4v) is 1.77. The van der Waals surface area contributed by atoms with Crippen molar-refractivity contribution in [3.05, 3.63) is 35.1 Å². The second kappa shape index (κ2) is 6.85. The molecule has 8 heteroatoms. The molecule has 20 heavy (non-hydrogen) atoms. The topological polar surface area (TPSA) is 90.1 Å². The van der Waals surface area contributed by atoms with Gasteiger partial charge in [0.25, 0.3) is 0 Å². The Kier molecular flexibility index (Phi) is 4.89. The van der Waals surface area contributed by atoms with Crippen molar-refractivity contribution in [2.75, 3.05) is 0 Å². The quantitative estimate of drug-likeness (QED) is 0.837. The van der Waals surface area contributed by atoms with Crippen LogP contribution in [0.15, 0.2) is 24.3 Å². The Bertz CT molecular complexity index is 588. The summed E-state index contributed by atoms with van der Waals surface area (Å²) in [5, 5.41) is 20.4. The van der Waals surface area contributed by atoms with E-state index in [1.165, 1.54) is 4.68 Å². The van der Waals surface area contributed by atoms with Crippen LogP contribution in [0.25, 0.3) is 0 Å². The highest BCUT2D eigenvalue weighted by Crippen LogP contribution is 2.17. The van der Waals surface area contributed by atoms with E-state index < -0.39 is 5.97 Å². The predicted molar refractivity (Wildman–Crippen MR) is 70.5 cm³/mol. The summed E-state index contributed by atoms with van der Waals surface area (Å²) >= 11 is 5.85. The van der Waals surface area contributed by atoms with Gasteiger partial charge in [0.1, 0.15) is 12.4 Å². The summed E-state index contributed by atoms with van der Waals surface area (Å²) in [7, 11) is 0. The molecule has 0 unspecified atom stereocenters. The first-order valence-electron chi connectivity index (χ1n) is 6.00. The first-order chi connectivity index (χ1) is 9.65. The van der Waals surface area contributed by atoms with Gasteiger partial charge in [0.05, 0.1) is 0 Å². The smallest absolute Gasteiger partial charge is 0.303 e. The fraction of sp³-hybridized carbons (Fsp3) is 0.333. The Morgan fingerprint density at radius 1 is 1.45 bits per heavy atom. The van der Waals surface area contributed by atoms with Gasteiger partial charge in [-0.1, -0.05) is 17.7 Å². The monoisotopic (exact) mass is 296 g/mol. The van der Waals surface area contributed by atoms with Crippen LogP contribution in [0.3, 0.4) is 0 Å². The maximum Gasteiger partial charge on any atom is 0.303 e. The average molecular weight is 297 g/mol. The molecule has 1 heterocycles. The SMILES string of the molecule is O=C(O)CCCn1nnnc1COc1cccc(Cl)c1. The number of carboxylic acids is 1. The van der Waals surface area contributed by atoms with E-state index in [4.69, 9.17) is 21.4 Å². The minimum atomic E-state index is -0.838. The summed E-state index contributed by atoms with van der Waals surface area (Å²) < 4.78 is 7.07. The third-order valence-corrected chi connectivity index (χ3v) is 2.77. The molecular weight excluding hydrogens is 284 g/mol. The summed E-state index contributed by atoms with van der Waals surface area (Å²) in [5.41, 5.74) is 0. The van der Waals surface area contributed by atoms with Crippen molar-refractivity contribution in [3.63, 3.8) is 0 Å². The van der Waals surface area contributed by atoms with Crippen molar-refractivity contribution >= 4 is 17.6 Å². The minimum absolute atomic E-state index is 0.0778. The van der Waals surface area contributed by atoms with Gasteiger partial charge in [0, 0.05) is 18.0 Å². The number of hydrogen-bond acceptors (Lipinski definition) is 5. The van der Waals surface area contributed by atoms with E-state index in [1.807, 2.05) is 0 Å². The fourth-order valence-electron chi connectivity index (χ4n) is 1.59. The molecule has 0 aliphatic heterocycles. The van der Waals surface area contributed by atoms with E-state index >= 15 is 0 Å². The highest BCUT2D eigenvalue weighted by atomic mass is 35.5. The molecule has 0 fully saturated rings. The van der Waals surface area contributed by atoms with Gasteiger partial charge in [-0.2, -0.15) is 0 Å². The Morgan fingerprint density at radius 3 is 3.05 bits per heavy atom. The molecule has 2 aromatic rings. The second-order valence-electron chi connectivity index (χ2n) is 4.06. The van der Waals surface area contributed by atoms with Gasteiger partial charge in [0.2, 0.25) is 0 Å². The highest BCUT2D eigenvalue weighted by molar-refractivity contribution is 6.30. The lowest BCUT2D eigenvalue weighted by atomic mass is 10.3. The molecule has 0 saturated carbocycles. The summed E-state index contributed by atoms with van der Waals surface area (Å²) in [5.74, 6) is 0.322. The van der Waals surface area contributed by atoms with Gasteiger partial charge in [-0.15, -0.1) is 5.10 Å². The van der Waals surface area contributed by atoms with Crippen LogP contribution in [-0.4, -0.2) is 31.3 Å². The summed E-state index contributed by atoms with van der Waals surface area (Å²) in [6.07, 6.45) is 0.541. The number of ether oxygens (including phenoxy) is 1. The van der Waals surface area contributed by atoms with Gasteiger partial charge in [-0.3, -0.25) is 4.79 Å². The molecular formula is C12H13ClN4O3. The highest BCUT2D eigenvalue weighted by Gasteiger charge is 2.08. The predicted octanol–water partition coefficient (Wildman–Crippen LogP) is 1.77. The van der Waals surface area contributed by atoms with Crippen molar-refractivity contribution in [2.24, 2.45) is 0 Å². The van der Waals surface area contributed by atoms with Gasteiger partial charge in [-0.05, 0) is 35.0 Å². The standard InChI is InChI=1S/C12H13ClN4O3/c13-9-3-1-4-10(7-9)20-8-11-14-15-16-17(11)6-2-5-12(18)19/h1,3-4,7H,2,5-6,8H2,(H,18,19). The summed E-state index contributed by atoms with van der Waals surface area (Å²) in [6.45, 7) is 0.633. The van der Waals surface area contributed by atoms with Crippen LogP contribution in [0.4, 0.5) is 0 Å². The molecule has 0 bridgehead atoms. The van der Waals surface area contributed by atoms with E-state index in [0.29, 0.717) is 29.6 Å². The van der Waals surface area contributed by atoms with Crippen molar-refractivity contribution < 1.29 is 14.6 Å². The average Bonchev–Trinajstić information content (AvgIpc) is 2.84. The number of benzene rings is 1. The first kappa shape index (κ1) is 14.3. The molecule has 0 radical (unpaired) electrons. The van der Waals surface area contributed by atoms with Crippen molar-refractivity contribution in [1.82, 2.24) is 20.2 Å². The van der Waals surface area contributed by atoms with E-state index in [1.54, 1.807) is 24.3 Å². The Balaban J connectivity index is 1.90. The molecule has 0 amide bonds. The third-order valence-electron chi connectivity index (χ3n) is 2.53. The van der Waals surface area contributed by atoms with Crippen LogP contribution in [0.2, 0.25) is 5.02 Å². The van der Waals surface area contributed by atoms with E-state index in [-0.39, 0.29) is 13.0 Å². The van der Waals surface area contributed by atoms with Crippen LogP contribution in [0.5, 0.6) is 5.75 Å². The number of nitrogens with zero attached hydrogens (tertiary/aromatic N) is 4.